The molecule has 2 aromatic rings. The summed E-state index contributed by atoms with van der Waals surface area (Å²) in [6, 6.07) is 16.4. The summed E-state index contributed by atoms with van der Waals surface area (Å²) in [7, 11) is 0. The monoisotopic (exact) mass is 454 g/mol. The molecule has 34 heavy (non-hydrogen) atoms. The van der Waals surface area contributed by atoms with Gasteiger partial charge in [-0.2, -0.15) is 0 Å². The average Bonchev–Trinajstić information content (AvgIpc) is 2.86. The number of rotatable bonds is 10. The van der Waals surface area contributed by atoms with Crippen LogP contribution in [-0.4, -0.2) is 24.4 Å². The van der Waals surface area contributed by atoms with Crippen molar-refractivity contribution in [1.82, 2.24) is 0 Å². The fraction of sp³-hybridized carbons (Fsp3) is 0.200. The van der Waals surface area contributed by atoms with E-state index in [1.54, 1.807) is 43.1 Å². The van der Waals surface area contributed by atoms with Gasteiger partial charge in [0.1, 0.15) is 0 Å². The molecule has 0 aliphatic heterocycles. The highest BCUT2D eigenvalue weighted by atomic mass is 14.8. The van der Waals surface area contributed by atoms with Crippen LogP contribution in [0.3, 0.4) is 0 Å². The van der Waals surface area contributed by atoms with Gasteiger partial charge in [-0.15, -0.1) is 0 Å². The molecule has 0 bridgehead atoms. The van der Waals surface area contributed by atoms with Gasteiger partial charge in [0.05, 0.1) is 29.0 Å². The SMILES string of the molecule is C.C=CC=N/C(C=Nc1ccc(Cc2ccc(N=CC(C)=N/C=C\C=C)cc2)cc1)=C\C.CC. The third-order valence-electron chi connectivity index (χ3n) is 4.15. The van der Waals surface area contributed by atoms with Gasteiger partial charge < -0.3 is 0 Å². The predicted octanol–water partition coefficient (Wildman–Crippen LogP) is 8.67. The maximum atomic E-state index is 4.47. The van der Waals surface area contributed by atoms with Crippen molar-refractivity contribution in [2.24, 2.45) is 20.0 Å². The van der Waals surface area contributed by atoms with Crippen LogP contribution in [0.2, 0.25) is 0 Å². The lowest BCUT2D eigenvalue weighted by molar-refractivity contribution is 1.19. The van der Waals surface area contributed by atoms with Crippen LogP contribution in [-0.2, 0) is 6.42 Å². The first-order valence-electron chi connectivity index (χ1n) is 11.0. The van der Waals surface area contributed by atoms with E-state index in [1.165, 1.54) is 11.1 Å². The summed E-state index contributed by atoms with van der Waals surface area (Å²) in [6.45, 7) is 15.1. The fourth-order valence-corrected chi connectivity index (χ4v) is 2.52. The highest BCUT2D eigenvalue weighted by Gasteiger charge is 1.98. The Labute approximate surface area is 206 Å². The molecule has 0 heterocycles. The number of hydrogen-bond acceptors (Lipinski definition) is 4. The molecule has 0 amide bonds. The Hall–Kier alpha value is -3.92. The van der Waals surface area contributed by atoms with E-state index in [4.69, 9.17) is 0 Å². The molecule has 0 unspecified atom stereocenters. The van der Waals surface area contributed by atoms with Crippen LogP contribution < -0.4 is 0 Å². The van der Waals surface area contributed by atoms with Crippen LogP contribution in [0.15, 0.2) is 118 Å². The molecule has 0 aliphatic rings. The number of nitrogens with zero attached hydrogens (tertiary/aromatic N) is 4. The number of aliphatic imine (C=N–C) groups is 4. The zero-order valence-electron chi connectivity index (χ0n) is 20.1. The number of allylic oxidation sites excluding steroid dienone is 5. The average molecular weight is 455 g/mol. The van der Waals surface area contributed by atoms with Crippen molar-refractivity contribution < 1.29 is 0 Å². The molecule has 178 valence electrons. The van der Waals surface area contributed by atoms with Crippen LogP contribution in [0.1, 0.15) is 46.2 Å². The Morgan fingerprint density at radius 1 is 0.824 bits per heavy atom. The van der Waals surface area contributed by atoms with E-state index in [-0.39, 0.29) is 7.43 Å². The highest BCUT2D eigenvalue weighted by molar-refractivity contribution is 6.30. The second kappa shape index (κ2) is 18.6. The molecule has 4 heteroatoms. The Bertz CT molecular complexity index is 1030. The second-order valence-corrected chi connectivity index (χ2v) is 6.60. The Morgan fingerprint density at radius 2 is 1.35 bits per heavy atom. The summed E-state index contributed by atoms with van der Waals surface area (Å²) in [5, 5.41) is 0. The summed E-state index contributed by atoms with van der Waals surface area (Å²) in [5.41, 5.74) is 5.86. The van der Waals surface area contributed by atoms with Gasteiger partial charge in [0.25, 0.3) is 0 Å². The Kier molecular flexibility index (Phi) is 16.5. The van der Waals surface area contributed by atoms with Gasteiger partial charge in [0.15, 0.2) is 0 Å². The van der Waals surface area contributed by atoms with Crippen LogP contribution in [0, 0.1) is 0 Å². The Morgan fingerprint density at radius 3 is 1.82 bits per heavy atom. The van der Waals surface area contributed by atoms with Gasteiger partial charge in [-0.3, -0.25) is 20.0 Å². The largest absolute Gasteiger partial charge is 0.260 e. The van der Waals surface area contributed by atoms with Crippen LogP contribution in [0.4, 0.5) is 11.4 Å². The van der Waals surface area contributed by atoms with Crippen molar-refractivity contribution >= 4 is 35.7 Å². The van der Waals surface area contributed by atoms with Crippen molar-refractivity contribution in [2.75, 3.05) is 0 Å². The minimum Gasteiger partial charge on any atom is -0.260 e. The van der Waals surface area contributed by atoms with Crippen molar-refractivity contribution in [3.05, 3.63) is 109 Å². The maximum Gasteiger partial charge on any atom is 0.0769 e. The van der Waals surface area contributed by atoms with Gasteiger partial charge in [-0.05, 0) is 61.7 Å². The molecule has 0 aliphatic carbocycles. The molecule has 0 aromatic heterocycles. The highest BCUT2D eigenvalue weighted by Crippen LogP contribution is 2.18. The van der Waals surface area contributed by atoms with Crippen LogP contribution in [0.25, 0.3) is 0 Å². The molecular formula is C30H38N4. The first-order valence-corrected chi connectivity index (χ1v) is 11.0. The maximum absolute atomic E-state index is 4.47. The minimum absolute atomic E-state index is 0. The van der Waals surface area contributed by atoms with Crippen molar-refractivity contribution in [3.63, 3.8) is 0 Å². The number of benzene rings is 2. The van der Waals surface area contributed by atoms with Gasteiger partial charge in [0.2, 0.25) is 0 Å². The second-order valence-electron chi connectivity index (χ2n) is 6.60. The topological polar surface area (TPSA) is 49.4 Å². The van der Waals surface area contributed by atoms with Gasteiger partial charge in [0, 0.05) is 18.6 Å². The lowest BCUT2D eigenvalue weighted by Gasteiger charge is -2.03. The zero-order chi connectivity index (χ0) is 24.3. The minimum atomic E-state index is 0. The van der Waals surface area contributed by atoms with E-state index in [0.717, 1.165) is 29.2 Å². The molecular weight excluding hydrogens is 416 g/mol. The van der Waals surface area contributed by atoms with Crippen molar-refractivity contribution in [1.29, 1.82) is 0 Å². The Balaban J connectivity index is 0.00000353. The summed E-state index contributed by atoms with van der Waals surface area (Å²) in [5.74, 6) is 0. The standard InChI is InChI=1S/C27H28N4.C2H6.CH4/c1-5-8-18-28-22(4)20-30-26-13-9-23(10-14-26)19-24-11-15-27(16-12-24)31-21-25(7-3)29-17-6-2;1-2;/h5-18,20-21H,1-2,19H2,3-4H3;1-2H3;1H4/b18-8-,25-7-,28-22?,29-17?,30-20?,31-21?;;. The van der Waals surface area contributed by atoms with Gasteiger partial charge in [-0.1, -0.05) is 76.9 Å². The molecule has 0 radical (unpaired) electrons. The van der Waals surface area contributed by atoms with E-state index in [1.807, 2.05) is 58.0 Å². The first-order chi connectivity index (χ1) is 16.1. The number of hydrogen-bond donors (Lipinski definition) is 0. The normalized spacial score (nSPS) is 12.1. The summed E-state index contributed by atoms with van der Waals surface area (Å²) in [6.07, 6.45) is 14.7. The molecule has 0 spiro atoms. The lowest BCUT2D eigenvalue weighted by Crippen LogP contribution is -1.90. The summed E-state index contributed by atoms with van der Waals surface area (Å²) < 4.78 is 0. The van der Waals surface area contributed by atoms with Crippen molar-refractivity contribution in [3.8, 4) is 0 Å². The van der Waals surface area contributed by atoms with Crippen LogP contribution in [0.5, 0.6) is 0 Å². The predicted molar refractivity (Wildman–Crippen MR) is 155 cm³/mol. The van der Waals surface area contributed by atoms with E-state index < -0.39 is 0 Å². The lowest BCUT2D eigenvalue weighted by atomic mass is 10.0. The molecule has 4 nitrogen and oxygen atoms in total. The summed E-state index contributed by atoms with van der Waals surface area (Å²) in [4.78, 5) is 17.4. The molecule has 0 N–H and O–H groups in total. The molecule has 0 saturated heterocycles. The quantitative estimate of drug-likeness (QED) is 0.255. The fourth-order valence-electron chi connectivity index (χ4n) is 2.52. The first kappa shape index (κ1) is 30.1. The van der Waals surface area contributed by atoms with E-state index in [0.29, 0.717) is 0 Å². The molecule has 0 atom stereocenters. The van der Waals surface area contributed by atoms with E-state index in [2.05, 4.69) is 57.4 Å². The zero-order valence-corrected chi connectivity index (χ0v) is 20.1. The summed E-state index contributed by atoms with van der Waals surface area (Å²) >= 11 is 0. The van der Waals surface area contributed by atoms with Crippen LogP contribution >= 0.6 is 0 Å². The van der Waals surface area contributed by atoms with Crippen molar-refractivity contribution in [2.45, 2.75) is 41.5 Å². The molecule has 2 rings (SSSR count). The smallest absolute Gasteiger partial charge is 0.0769 e. The van der Waals surface area contributed by atoms with E-state index in [9.17, 15) is 0 Å². The molecule has 0 fully saturated rings. The third kappa shape index (κ3) is 12.2. The third-order valence-corrected chi connectivity index (χ3v) is 4.15. The molecule has 2 aromatic carbocycles. The van der Waals surface area contributed by atoms with Gasteiger partial charge in [-0.25, -0.2) is 0 Å². The van der Waals surface area contributed by atoms with E-state index >= 15 is 0 Å². The van der Waals surface area contributed by atoms with Gasteiger partial charge >= 0.3 is 0 Å². The molecule has 0 saturated carbocycles.